The number of benzene rings is 1. The minimum absolute atomic E-state index is 0.0171. The number of likely N-dealkylation sites (tertiary alicyclic amines) is 1. The third-order valence-electron chi connectivity index (χ3n) is 5.25. The van der Waals surface area contributed by atoms with Crippen molar-refractivity contribution in [1.29, 1.82) is 0 Å². The van der Waals surface area contributed by atoms with E-state index in [1.807, 2.05) is 6.92 Å². The van der Waals surface area contributed by atoms with E-state index in [4.69, 9.17) is 15.2 Å². The van der Waals surface area contributed by atoms with Crippen LogP contribution in [0.15, 0.2) is 29.4 Å². The van der Waals surface area contributed by atoms with E-state index in [9.17, 15) is 18.5 Å². The van der Waals surface area contributed by atoms with Crippen molar-refractivity contribution >= 4 is 21.2 Å². The first kappa shape index (κ1) is 23.8. The maximum atomic E-state index is 11.9. The van der Waals surface area contributed by atoms with Gasteiger partial charge in [0, 0.05) is 43.7 Å². The largest absolute Gasteiger partial charge is 0.469 e. The molecule has 1 aliphatic rings. The van der Waals surface area contributed by atoms with Crippen LogP contribution in [0.3, 0.4) is 0 Å². The van der Waals surface area contributed by atoms with E-state index in [2.05, 4.69) is 14.9 Å². The molecule has 32 heavy (non-hydrogen) atoms. The predicted molar refractivity (Wildman–Crippen MR) is 118 cm³/mol. The standard InChI is InChI=1S/C20H27N5O6S/c1-3-30-11-10-24-8-6-14(7-9-24)31-20-19(25(26)27)18(22-13-23-20)16-12-15(32(2,28)29)4-5-17(16)21/h4-5,12-14H,3,6-11,21H2,1-2H3. The third-order valence-corrected chi connectivity index (χ3v) is 6.36. The van der Waals surface area contributed by atoms with Gasteiger partial charge in [-0.3, -0.25) is 10.1 Å². The van der Waals surface area contributed by atoms with E-state index in [-0.39, 0.29) is 33.8 Å². The minimum atomic E-state index is -3.54. The lowest BCUT2D eigenvalue weighted by atomic mass is 10.1. The molecule has 1 fully saturated rings. The summed E-state index contributed by atoms with van der Waals surface area (Å²) in [6.45, 7) is 5.69. The molecule has 0 radical (unpaired) electrons. The van der Waals surface area contributed by atoms with Crippen molar-refractivity contribution in [3.05, 3.63) is 34.6 Å². The van der Waals surface area contributed by atoms with Gasteiger partial charge in [0.2, 0.25) is 0 Å². The number of nitrogens with zero attached hydrogens (tertiary/aromatic N) is 4. The summed E-state index contributed by atoms with van der Waals surface area (Å²) in [6, 6.07) is 4.01. The van der Waals surface area contributed by atoms with E-state index in [1.165, 1.54) is 18.2 Å². The molecule has 0 unspecified atom stereocenters. The van der Waals surface area contributed by atoms with Crippen LogP contribution in [0.1, 0.15) is 19.8 Å². The van der Waals surface area contributed by atoms with Gasteiger partial charge in [-0.15, -0.1) is 0 Å². The average Bonchev–Trinajstić information content (AvgIpc) is 2.74. The van der Waals surface area contributed by atoms with Crippen LogP contribution in [0, 0.1) is 10.1 Å². The fraction of sp³-hybridized carbons (Fsp3) is 0.500. The number of nitro groups is 1. The number of anilines is 1. The van der Waals surface area contributed by atoms with Gasteiger partial charge in [-0.25, -0.2) is 13.4 Å². The Morgan fingerprint density at radius 3 is 2.62 bits per heavy atom. The van der Waals surface area contributed by atoms with Crippen molar-refractivity contribution in [2.24, 2.45) is 0 Å². The lowest BCUT2D eigenvalue weighted by Crippen LogP contribution is -2.40. The minimum Gasteiger partial charge on any atom is -0.469 e. The Hall–Kier alpha value is -2.83. The summed E-state index contributed by atoms with van der Waals surface area (Å²) in [5.41, 5.74) is 5.77. The van der Waals surface area contributed by atoms with Crippen LogP contribution in [-0.2, 0) is 14.6 Å². The molecular formula is C20H27N5O6S. The Labute approximate surface area is 186 Å². The van der Waals surface area contributed by atoms with Crippen molar-refractivity contribution in [2.45, 2.75) is 30.8 Å². The Morgan fingerprint density at radius 1 is 1.28 bits per heavy atom. The highest BCUT2D eigenvalue weighted by atomic mass is 32.2. The van der Waals surface area contributed by atoms with E-state index in [1.54, 1.807) is 0 Å². The number of ether oxygens (including phenoxy) is 2. The van der Waals surface area contributed by atoms with Crippen LogP contribution in [0.4, 0.5) is 11.4 Å². The summed E-state index contributed by atoms with van der Waals surface area (Å²) < 4.78 is 35.2. The third kappa shape index (κ3) is 5.69. The molecule has 2 N–H and O–H groups in total. The molecule has 174 valence electrons. The molecular weight excluding hydrogens is 438 g/mol. The first-order valence-corrected chi connectivity index (χ1v) is 12.2. The second-order valence-electron chi connectivity index (χ2n) is 7.51. The molecule has 3 rings (SSSR count). The van der Waals surface area contributed by atoms with E-state index >= 15 is 0 Å². The number of nitrogens with two attached hydrogens (primary N) is 1. The van der Waals surface area contributed by atoms with Crippen molar-refractivity contribution in [3.8, 4) is 17.1 Å². The molecule has 0 saturated carbocycles. The molecule has 1 aliphatic heterocycles. The number of sulfone groups is 1. The normalized spacial score (nSPS) is 15.6. The van der Waals surface area contributed by atoms with Crippen LogP contribution < -0.4 is 10.5 Å². The molecule has 2 aromatic rings. The Bertz CT molecular complexity index is 1070. The molecule has 1 aromatic carbocycles. The highest BCUT2D eigenvalue weighted by molar-refractivity contribution is 7.90. The Balaban J connectivity index is 1.85. The number of aromatic nitrogens is 2. The van der Waals surface area contributed by atoms with Gasteiger partial charge in [-0.1, -0.05) is 0 Å². The van der Waals surface area contributed by atoms with Crippen molar-refractivity contribution in [3.63, 3.8) is 0 Å². The van der Waals surface area contributed by atoms with Gasteiger partial charge in [-0.05, 0) is 38.0 Å². The summed E-state index contributed by atoms with van der Waals surface area (Å²) in [6.07, 6.45) is 3.34. The molecule has 0 aliphatic carbocycles. The van der Waals surface area contributed by atoms with E-state index in [0.717, 1.165) is 32.2 Å². The molecule has 0 spiro atoms. The van der Waals surface area contributed by atoms with Gasteiger partial charge in [0.15, 0.2) is 15.5 Å². The summed E-state index contributed by atoms with van der Waals surface area (Å²) in [4.78, 5) is 21.5. The number of hydrogen-bond donors (Lipinski definition) is 1. The second-order valence-corrected chi connectivity index (χ2v) is 9.53. The van der Waals surface area contributed by atoms with Crippen molar-refractivity contribution < 1.29 is 22.8 Å². The summed E-state index contributed by atoms with van der Waals surface area (Å²) >= 11 is 0. The summed E-state index contributed by atoms with van der Waals surface area (Å²) in [7, 11) is -3.54. The van der Waals surface area contributed by atoms with Gasteiger partial charge in [-0.2, -0.15) is 4.98 Å². The molecule has 1 aromatic heterocycles. The number of nitrogen functional groups attached to an aromatic ring is 1. The quantitative estimate of drug-likeness (QED) is 0.252. The van der Waals surface area contributed by atoms with Crippen LogP contribution in [0.25, 0.3) is 11.3 Å². The van der Waals surface area contributed by atoms with Gasteiger partial charge in [0.05, 0.1) is 16.4 Å². The fourth-order valence-electron chi connectivity index (χ4n) is 3.53. The lowest BCUT2D eigenvalue weighted by Gasteiger charge is -2.31. The van der Waals surface area contributed by atoms with Crippen LogP contribution in [-0.4, -0.2) is 73.4 Å². The van der Waals surface area contributed by atoms with Crippen LogP contribution in [0.2, 0.25) is 0 Å². The molecule has 0 bridgehead atoms. The second kappa shape index (κ2) is 10.2. The maximum absolute atomic E-state index is 11.9. The van der Waals surface area contributed by atoms with Gasteiger partial charge in [0.25, 0.3) is 5.88 Å². The van der Waals surface area contributed by atoms with Crippen molar-refractivity contribution in [2.75, 3.05) is 44.8 Å². The van der Waals surface area contributed by atoms with Crippen LogP contribution in [0.5, 0.6) is 5.88 Å². The van der Waals surface area contributed by atoms with Gasteiger partial charge >= 0.3 is 5.69 Å². The Kier molecular flexibility index (Phi) is 7.59. The smallest absolute Gasteiger partial charge is 0.357 e. The monoisotopic (exact) mass is 465 g/mol. The van der Waals surface area contributed by atoms with Crippen LogP contribution >= 0.6 is 0 Å². The zero-order valence-corrected chi connectivity index (χ0v) is 18.9. The highest BCUT2D eigenvalue weighted by Crippen LogP contribution is 2.38. The van der Waals surface area contributed by atoms with Crippen molar-refractivity contribution in [1.82, 2.24) is 14.9 Å². The fourth-order valence-corrected chi connectivity index (χ4v) is 4.18. The van der Waals surface area contributed by atoms with E-state index in [0.29, 0.717) is 26.1 Å². The van der Waals surface area contributed by atoms with Gasteiger partial charge in [0.1, 0.15) is 12.4 Å². The topological polar surface area (TPSA) is 151 Å². The first-order valence-electron chi connectivity index (χ1n) is 10.3. The summed E-state index contributed by atoms with van der Waals surface area (Å²) in [5, 5.41) is 11.9. The maximum Gasteiger partial charge on any atom is 0.357 e. The highest BCUT2D eigenvalue weighted by Gasteiger charge is 2.30. The number of piperidine rings is 1. The zero-order valence-electron chi connectivity index (χ0n) is 18.1. The molecule has 1 saturated heterocycles. The number of rotatable bonds is 9. The first-order chi connectivity index (χ1) is 15.2. The average molecular weight is 466 g/mol. The Morgan fingerprint density at radius 2 is 2.00 bits per heavy atom. The molecule has 2 heterocycles. The van der Waals surface area contributed by atoms with Gasteiger partial charge < -0.3 is 20.1 Å². The predicted octanol–water partition coefficient (Wildman–Crippen LogP) is 1.92. The molecule has 0 atom stereocenters. The summed E-state index contributed by atoms with van der Waals surface area (Å²) in [5.74, 6) is -0.156. The molecule has 11 nitrogen and oxygen atoms in total. The zero-order chi connectivity index (χ0) is 23.3. The SMILES string of the molecule is CCOCCN1CCC(Oc2ncnc(-c3cc(S(C)(=O)=O)ccc3N)c2[N+](=O)[O-])CC1. The molecule has 12 heteroatoms. The lowest BCUT2D eigenvalue weighted by molar-refractivity contribution is -0.385. The number of hydrogen-bond acceptors (Lipinski definition) is 10. The van der Waals surface area contributed by atoms with E-state index < -0.39 is 20.4 Å². The molecule has 0 amide bonds.